The standard InChI is InChI=1S/C9H14F2N4O2/c1-8(2,3)17-7(16)15-4-6(13-14-12)9(10,11)5-15/h6H,4-5H2,1-3H3. The van der Waals surface area contributed by atoms with Crippen LogP contribution < -0.4 is 0 Å². The Kier molecular flexibility index (Phi) is 3.47. The van der Waals surface area contributed by atoms with Crippen LogP contribution in [0.2, 0.25) is 0 Å². The molecule has 1 heterocycles. The second-order valence-electron chi connectivity index (χ2n) is 4.84. The summed E-state index contributed by atoms with van der Waals surface area (Å²) in [5.41, 5.74) is 7.41. The first kappa shape index (κ1) is 13.5. The van der Waals surface area contributed by atoms with Gasteiger partial charge in [0.1, 0.15) is 11.6 Å². The number of nitrogens with zero attached hydrogens (tertiary/aromatic N) is 4. The molecule has 17 heavy (non-hydrogen) atoms. The van der Waals surface area contributed by atoms with E-state index in [9.17, 15) is 13.6 Å². The molecular formula is C9H14F2N4O2. The number of hydrogen-bond acceptors (Lipinski definition) is 3. The van der Waals surface area contributed by atoms with Crippen LogP contribution in [0.4, 0.5) is 13.6 Å². The molecule has 0 bridgehead atoms. The summed E-state index contributed by atoms with van der Waals surface area (Å²) in [6.45, 7) is 3.82. The number of likely N-dealkylation sites (tertiary alicyclic amines) is 1. The maximum absolute atomic E-state index is 13.3. The summed E-state index contributed by atoms with van der Waals surface area (Å²) in [4.78, 5) is 14.7. The molecule has 0 spiro atoms. The van der Waals surface area contributed by atoms with E-state index in [1.54, 1.807) is 20.8 Å². The van der Waals surface area contributed by atoms with E-state index in [1.165, 1.54) is 0 Å². The predicted molar refractivity (Wildman–Crippen MR) is 55.7 cm³/mol. The number of carbonyl (C=O) groups is 1. The van der Waals surface area contributed by atoms with Crippen LogP contribution in [0, 0.1) is 0 Å². The molecule has 0 saturated carbocycles. The van der Waals surface area contributed by atoms with Crippen molar-refractivity contribution < 1.29 is 18.3 Å². The van der Waals surface area contributed by atoms with Crippen LogP contribution in [0.3, 0.4) is 0 Å². The molecule has 1 aliphatic rings. The third-order valence-corrected chi connectivity index (χ3v) is 2.13. The topological polar surface area (TPSA) is 78.3 Å². The minimum atomic E-state index is -3.21. The van der Waals surface area contributed by atoms with Gasteiger partial charge in [0.2, 0.25) is 0 Å². The third-order valence-electron chi connectivity index (χ3n) is 2.13. The van der Waals surface area contributed by atoms with Gasteiger partial charge in [0.05, 0.1) is 6.54 Å². The third kappa shape index (κ3) is 3.45. The van der Waals surface area contributed by atoms with E-state index in [-0.39, 0.29) is 6.54 Å². The fourth-order valence-corrected chi connectivity index (χ4v) is 1.42. The summed E-state index contributed by atoms with van der Waals surface area (Å²) in [5.74, 6) is -3.21. The normalized spacial score (nSPS) is 23.1. The van der Waals surface area contributed by atoms with Crippen molar-refractivity contribution in [1.82, 2.24) is 4.90 Å². The van der Waals surface area contributed by atoms with E-state index in [0.717, 1.165) is 4.90 Å². The van der Waals surface area contributed by atoms with Gasteiger partial charge in [-0.05, 0) is 26.3 Å². The van der Waals surface area contributed by atoms with Crippen molar-refractivity contribution in [3.8, 4) is 0 Å². The largest absolute Gasteiger partial charge is 0.444 e. The van der Waals surface area contributed by atoms with Crippen molar-refractivity contribution in [2.24, 2.45) is 5.11 Å². The second-order valence-corrected chi connectivity index (χ2v) is 4.84. The Morgan fingerprint density at radius 2 is 2.18 bits per heavy atom. The number of ether oxygens (including phenoxy) is 1. The lowest BCUT2D eigenvalue weighted by molar-refractivity contribution is -0.00932. The smallest absolute Gasteiger partial charge is 0.410 e. The van der Waals surface area contributed by atoms with Gasteiger partial charge >= 0.3 is 6.09 Å². The van der Waals surface area contributed by atoms with Gasteiger partial charge in [0.25, 0.3) is 5.92 Å². The van der Waals surface area contributed by atoms with Crippen molar-refractivity contribution in [2.75, 3.05) is 13.1 Å². The first-order valence-electron chi connectivity index (χ1n) is 5.06. The maximum atomic E-state index is 13.3. The summed E-state index contributed by atoms with van der Waals surface area (Å²) in [6, 6.07) is -1.53. The Balaban J connectivity index is 2.71. The zero-order chi connectivity index (χ0) is 13.3. The number of alkyl halides is 2. The number of azide groups is 1. The van der Waals surface area contributed by atoms with E-state index >= 15 is 0 Å². The highest BCUT2D eigenvalue weighted by molar-refractivity contribution is 5.68. The van der Waals surface area contributed by atoms with Crippen LogP contribution in [0.1, 0.15) is 20.8 Å². The average molecular weight is 248 g/mol. The quantitative estimate of drug-likeness (QED) is 0.406. The highest BCUT2D eigenvalue weighted by Crippen LogP contribution is 2.31. The second kappa shape index (κ2) is 4.37. The number of halogens is 2. The molecule has 0 aromatic rings. The molecular weight excluding hydrogens is 234 g/mol. The van der Waals surface area contributed by atoms with Crippen molar-refractivity contribution in [2.45, 2.75) is 38.3 Å². The van der Waals surface area contributed by atoms with E-state index in [0.29, 0.717) is 0 Å². The molecule has 1 unspecified atom stereocenters. The van der Waals surface area contributed by atoms with Crippen LogP contribution in [-0.2, 0) is 4.74 Å². The van der Waals surface area contributed by atoms with E-state index in [2.05, 4.69) is 10.0 Å². The molecule has 1 aliphatic heterocycles. The zero-order valence-electron chi connectivity index (χ0n) is 9.85. The Morgan fingerprint density at radius 3 is 2.65 bits per heavy atom. The van der Waals surface area contributed by atoms with E-state index in [4.69, 9.17) is 10.3 Å². The molecule has 0 aromatic carbocycles. The van der Waals surface area contributed by atoms with Gasteiger partial charge in [-0.25, -0.2) is 13.6 Å². The molecule has 0 aliphatic carbocycles. The Morgan fingerprint density at radius 1 is 1.59 bits per heavy atom. The van der Waals surface area contributed by atoms with Crippen LogP contribution in [0.15, 0.2) is 5.11 Å². The lowest BCUT2D eigenvalue weighted by Crippen LogP contribution is -2.36. The molecule has 1 atom stereocenters. The van der Waals surface area contributed by atoms with E-state index < -0.39 is 30.2 Å². The summed E-state index contributed by atoms with van der Waals surface area (Å²) in [7, 11) is 0. The van der Waals surface area contributed by atoms with Crippen molar-refractivity contribution in [3.05, 3.63) is 10.4 Å². The van der Waals surface area contributed by atoms with Crippen molar-refractivity contribution in [3.63, 3.8) is 0 Å². The maximum Gasteiger partial charge on any atom is 0.410 e. The molecule has 0 radical (unpaired) electrons. The van der Waals surface area contributed by atoms with Crippen LogP contribution in [0.5, 0.6) is 0 Å². The molecule has 1 rings (SSSR count). The van der Waals surface area contributed by atoms with Gasteiger partial charge in [-0.2, -0.15) is 0 Å². The average Bonchev–Trinajstić information content (AvgIpc) is 2.40. The fourth-order valence-electron chi connectivity index (χ4n) is 1.42. The summed E-state index contributed by atoms with van der Waals surface area (Å²) in [5, 5.41) is 2.99. The van der Waals surface area contributed by atoms with Crippen LogP contribution in [0.25, 0.3) is 10.4 Å². The molecule has 0 aromatic heterocycles. The highest BCUT2D eigenvalue weighted by Gasteiger charge is 2.50. The first-order valence-corrected chi connectivity index (χ1v) is 5.06. The summed E-state index contributed by atoms with van der Waals surface area (Å²) in [6.07, 6.45) is -0.826. The Hall–Kier alpha value is -1.56. The SMILES string of the molecule is CC(C)(C)OC(=O)N1CC(N=[N+]=[N-])C(F)(F)C1. The first-order chi connectivity index (χ1) is 7.65. The number of hydrogen-bond donors (Lipinski definition) is 0. The molecule has 6 nitrogen and oxygen atoms in total. The van der Waals surface area contributed by atoms with Gasteiger partial charge in [-0.1, -0.05) is 5.11 Å². The fraction of sp³-hybridized carbons (Fsp3) is 0.889. The van der Waals surface area contributed by atoms with Crippen LogP contribution in [-0.4, -0.2) is 41.6 Å². The van der Waals surface area contributed by atoms with Crippen molar-refractivity contribution >= 4 is 6.09 Å². The van der Waals surface area contributed by atoms with Gasteiger partial charge in [0, 0.05) is 11.5 Å². The highest BCUT2D eigenvalue weighted by atomic mass is 19.3. The summed E-state index contributed by atoms with van der Waals surface area (Å²) < 4.78 is 31.6. The Bertz CT molecular complexity index is 360. The monoisotopic (exact) mass is 248 g/mol. The summed E-state index contributed by atoms with van der Waals surface area (Å²) >= 11 is 0. The van der Waals surface area contributed by atoms with Gasteiger partial charge < -0.3 is 9.64 Å². The minimum absolute atomic E-state index is 0.327. The minimum Gasteiger partial charge on any atom is -0.444 e. The van der Waals surface area contributed by atoms with E-state index in [1.807, 2.05) is 0 Å². The number of rotatable bonds is 1. The molecule has 0 N–H and O–H groups in total. The van der Waals surface area contributed by atoms with Crippen LogP contribution >= 0.6 is 0 Å². The lowest BCUT2D eigenvalue weighted by Gasteiger charge is -2.24. The lowest BCUT2D eigenvalue weighted by atomic mass is 10.2. The van der Waals surface area contributed by atoms with Gasteiger partial charge in [-0.3, -0.25) is 0 Å². The zero-order valence-corrected chi connectivity index (χ0v) is 9.85. The molecule has 96 valence electrons. The predicted octanol–water partition coefficient (Wildman–Crippen LogP) is 2.55. The van der Waals surface area contributed by atoms with Gasteiger partial charge in [0.15, 0.2) is 0 Å². The Labute approximate surface area is 97.2 Å². The van der Waals surface area contributed by atoms with Crippen molar-refractivity contribution in [1.29, 1.82) is 0 Å². The molecule has 1 saturated heterocycles. The molecule has 1 fully saturated rings. The molecule has 8 heteroatoms. The van der Waals surface area contributed by atoms with Gasteiger partial charge in [-0.15, -0.1) is 0 Å². The number of carbonyl (C=O) groups excluding carboxylic acids is 1. The molecule has 1 amide bonds. The number of amides is 1.